The second kappa shape index (κ2) is 24.1. The lowest BCUT2D eigenvalue weighted by atomic mass is 10.1. The topological polar surface area (TPSA) is 182 Å². The predicted octanol–water partition coefficient (Wildman–Crippen LogP) is 10.5. The van der Waals surface area contributed by atoms with Crippen molar-refractivity contribution in [3.8, 4) is 45.8 Å². The zero-order valence-electron chi connectivity index (χ0n) is 41.0. The first kappa shape index (κ1) is 56.4. The Labute approximate surface area is 407 Å². The van der Waals surface area contributed by atoms with Gasteiger partial charge in [-0.25, -0.2) is 28.9 Å². The number of benzene rings is 4. The molecule has 0 amide bonds. The van der Waals surface area contributed by atoms with Crippen LogP contribution in [0.4, 0.5) is 26.3 Å². The molecule has 0 spiro atoms. The summed E-state index contributed by atoms with van der Waals surface area (Å²) in [7, 11) is 0. The van der Waals surface area contributed by atoms with E-state index in [9.17, 15) is 41.0 Å². The van der Waals surface area contributed by atoms with Crippen molar-refractivity contribution >= 4 is 11.9 Å². The van der Waals surface area contributed by atoms with E-state index in [0.29, 0.717) is 76.9 Å². The highest BCUT2D eigenvalue weighted by Crippen LogP contribution is 2.33. The maximum atomic E-state index is 12.8. The van der Waals surface area contributed by atoms with Gasteiger partial charge in [-0.15, -0.1) is 0 Å². The molecule has 2 heterocycles. The molecule has 0 saturated heterocycles. The Balaban J connectivity index is 0.000000256. The van der Waals surface area contributed by atoms with Gasteiger partial charge in [0.1, 0.15) is 36.2 Å². The van der Waals surface area contributed by atoms with Gasteiger partial charge in [-0.1, -0.05) is 24.3 Å². The van der Waals surface area contributed by atoms with Gasteiger partial charge in [0, 0.05) is 24.2 Å². The molecule has 71 heavy (non-hydrogen) atoms. The molecular weight excluding hydrogens is 943 g/mol. The number of carbonyl (C=O) groups is 2. The van der Waals surface area contributed by atoms with E-state index in [0.717, 1.165) is 29.8 Å². The normalized spacial score (nSPS) is 11.7. The number of ether oxygens (including phenoxy) is 5. The number of hydrogen-bond donors (Lipinski definition) is 2. The average Bonchev–Trinajstić information content (AvgIpc) is 3.95. The van der Waals surface area contributed by atoms with Crippen molar-refractivity contribution in [2.24, 2.45) is 0 Å². The summed E-state index contributed by atoms with van der Waals surface area (Å²) in [5.74, 6) is 2.49. The lowest BCUT2D eigenvalue weighted by molar-refractivity contribution is -0.159. The third kappa shape index (κ3) is 15.7. The molecule has 0 aliphatic carbocycles. The summed E-state index contributed by atoms with van der Waals surface area (Å²) in [5, 5.41) is 27.0. The lowest BCUT2D eigenvalue weighted by Crippen LogP contribution is -2.39. The molecule has 0 aliphatic rings. The first-order valence-corrected chi connectivity index (χ1v) is 22.4. The minimum Gasteiger partial charge on any atom is -0.508 e. The largest absolute Gasteiger partial charge is 0.508 e. The second-order valence-electron chi connectivity index (χ2n) is 16.5. The molecule has 6 rings (SSSR count). The highest BCUT2D eigenvalue weighted by molar-refractivity contribution is 5.79. The van der Waals surface area contributed by atoms with Crippen LogP contribution in [0.1, 0.15) is 89.3 Å². The van der Waals surface area contributed by atoms with Gasteiger partial charge >= 0.3 is 24.3 Å². The van der Waals surface area contributed by atoms with Crippen molar-refractivity contribution < 1.29 is 69.8 Å². The molecule has 2 N–H and O–H groups in total. The second-order valence-corrected chi connectivity index (χ2v) is 16.5. The highest BCUT2D eigenvalue weighted by Gasteiger charge is 2.34. The molecular formula is C50H58F6N6O9. The summed E-state index contributed by atoms with van der Waals surface area (Å²) < 4.78 is 106. The van der Waals surface area contributed by atoms with E-state index in [1.807, 2.05) is 20.8 Å². The first-order chi connectivity index (χ1) is 33.3. The third-order valence-electron chi connectivity index (χ3n) is 10.1. The number of rotatable bonds is 16. The number of alkyl halides is 6. The van der Waals surface area contributed by atoms with Crippen molar-refractivity contribution in [3.05, 3.63) is 119 Å². The van der Waals surface area contributed by atoms with Gasteiger partial charge in [0.15, 0.2) is 34.5 Å². The molecule has 0 saturated carbocycles. The van der Waals surface area contributed by atoms with Crippen LogP contribution in [0.15, 0.2) is 84.9 Å². The third-order valence-corrected chi connectivity index (χ3v) is 10.1. The molecule has 21 heteroatoms. The fraction of sp³-hybridized carbons (Fsp3) is 0.400. The maximum Gasteiger partial charge on any atom is 0.416 e. The lowest BCUT2D eigenvalue weighted by Gasteiger charge is -2.25. The molecule has 384 valence electrons. The van der Waals surface area contributed by atoms with Crippen LogP contribution in [0.3, 0.4) is 0 Å². The first-order valence-electron chi connectivity index (χ1n) is 22.4. The van der Waals surface area contributed by atoms with E-state index in [-0.39, 0.29) is 25.6 Å². The number of nitrogens with zero attached hydrogens (tertiary/aromatic N) is 6. The number of hydrogen-bond acceptors (Lipinski definition) is 13. The van der Waals surface area contributed by atoms with Gasteiger partial charge in [0.05, 0.1) is 24.3 Å². The highest BCUT2D eigenvalue weighted by atomic mass is 19.4. The van der Waals surface area contributed by atoms with E-state index in [2.05, 4.69) is 20.2 Å². The van der Waals surface area contributed by atoms with Gasteiger partial charge in [-0.3, -0.25) is 0 Å². The average molecular weight is 1000 g/mol. The predicted molar refractivity (Wildman–Crippen MR) is 249 cm³/mol. The SMILES string of the molecule is CCOC(=O)C(C)(C)Oc1ccc(O)c(C)c1.CCOC(=O)C(C)(C)Oc1ccc(OCc2nc(-c3ccc(C(F)(F)F)cc3)nn2CC)cc1C.CCn1nc(-c2ccc(C(F)(F)F)cc2)nc1CO. The van der Waals surface area contributed by atoms with Gasteiger partial charge in [0.25, 0.3) is 0 Å². The van der Waals surface area contributed by atoms with Crippen LogP contribution in [0, 0.1) is 13.8 Å². The fourth-order valence-corrected chi connectivity index (χ4v) is 6.27. The number of phenolic OH excluding ortho intramolecular Hbond substituents is 1. The molecule has 0 radical (unpaired) electrons. The van der Waals surface area contributed by atoms with Crippen LogP contribution in [0.2, 0.25) is 0 Å². The van der Waals surface area contributed by atoms with Crippen LogP contribution in [0.5, 0.6) is 23.0 Å². The van der Waals surface area contributed by atoms with Gasteiger partial charge in [-0.05, 0) is 141 Å². The number of halogens is 6. The number of aryl methyl sites for hydroxylation is 4. The molecule has 0 unspecified atom stereocenters. The van der Waals surface area contributed by atoms with Gasteiger partial charge < -0.3 is 33.9 Å². The van der Waals surface area contributed by atoms with Crippen LogP contribution < -0.4 is 14.2 Å². The molecule has 4 aromatic carbocycles. The number of aromatic hydroxyl groups is 1. The Bertz CT molecular complexity index is 2680. The minimum absolute atomic E-state index is 0.107. The smallest absolute Gasteiger partial charge is 0.416 e. The molecule has 6 aromatic rings. The van der Waals surface area contributed by atoms with Crippen molar-refractivity contribution in [3.63, 3.8) is 0 Å². The Morgan fingerprint density at radius 3 is 1.44 bits per heavy atom. The summed E-state index contributed by atoms with van der Waals surface area (Å²) in [4.78, 5) is 32.3. The van der Waals surface area contributed by atoms with E-state index in [1.54, 1.807) is 83.5 Å². The van der Waals surface area contributed by atoms with Crippen molar-refractivity contribution in [1.29, 1.82) is 0 Å². The van der Waals surface area contributed by atoms with Crippen LogP contribution in [0.25, 0.3) is 22.8 Å². The number of aromatic nitrogens is 6. The zero-order chi connectivity index (χ0) is 52.9. The summed E-state index contributed by atoms with van der Waals surface area (Å²) in [6.07, 6.45) is -8.76. The number of carbonyl (C=O) groups excluding carboxylic acids is 2. The fourth-order valence-electron chi connectivity index (χ4n) is 6.27. The van der Waals surface area contributed by atoms with Crippen molar-refractivity contribution in [2.75, 3.05) is 13.2 Å². The molecule has 2 aromatic heterocycles. The number of aliphatic hydroxyl groups is 1. The molecule has 0 atom stereocenters. The summed E-state index contributed by atoms with van der Waals surface area (Å²) >= 11 is 0. The molecule has 15 nitrogen and oxygen atoms in total. The van der Waals surface area contributed by atoms with Crippen molar-refractivity contribution in [2.45, 2.75) is 119 Å². The standard InChI is InChI=1S/C25H28F3N3O4.C13H18O4.C12H12F3N3O/c1-6-31-21(29-22(30-31)17-8-10-18(11-9-17)25(26,27)28)15-34-19-12-13-20(16(3)14-19)35-24(4,5)23(32)33-7-2;1-5-16-12(15)13(3,4)17-10-6-7-11(14)9(2)8-10;1-2-18-10(7-19)16-11(17-18)8-3-5-9(6-4-8)12(13,14)15/h8-14H,6-7,15H2,1-5H3;6-8,14H,5H2,1-4H3;3-6,19H,2,7H2,1H3. The zero-order valence-corrected chi connectivity index (χ0v) is 41.0. The molecule has 0 fully saturated rings. The Morgan fingerprint density at radius 1 is 0.592 bits per heavy atom. The minimum atomic E-state index is -4.40. The molecule has 0 aliphatic heterocycles. The Morgan fingerprint density at radius 2 is 1.03 bits per heavy atom. The van der Waals surface area contributed by atoms with Crippen LogP contribution in [-0.4, -0.2) is 76.1 Å². The molecule has 0 bridgehead atoms. The van der Waals surface area contributed by atoms with Crippen molar-refractivity contribution in [1.82, 2.24) is 29.5 Å². The van der Waals surface area contributed by atoms with Gasteiger partial charge in [-0.2, -0.15) is 36.5 Å². The summed E-state index contributed by atoms with van der Waals surface area (Å²) in [6, 6.07) is 19.4. The number of esters is 2. The van der Waals surface area contributed by atoms with E-state index in [1.165, 1.54) is 35.0 Å². The van der Waals surface area contributed by atoms with Crippen LogP contribution >= 0.6 is 0 Å². The maximum absolute atomic E-state index is 12.8. The quantitative estimate of drug-likeness (QED) is 0.0691. The van der Waals surface area contributed by atoms with E-state index < -0.39 is 46.6 Å². The Kier molecular flexibility index (Phi) is 19.2. The van der Waals surface area contributed by atoms with E-state index >= 15 is 0 Å². The summed E-state index contributed by atoms with van der Waals surface area (Å²) in [5.41, 5.74) is -1.21. The van der Waals surface area contributed by atoms with Crippen LogP contribution in [-0.2, 0) is 57.7 Å². The monoisotopic (exact) mass is 1000 g/mol. The number of phenols is 1. The Hall–Kier alpha value is -7.16. The summed E-state index contributed by atoms with van der Waals surface area (Å²) in [6.45, 7) is 18.8. The van der Waals surface area contributed by atoms with Gasteiger partial charge in [0.2, 0.25) is 0 Å². The number of aliphatic hydroxyl groups excluding tert-OH is 1. The van der Waals surface area contributed by atoms with E-state index in [4.69, 9.17) is 28.8 Å².